The van der Waals surface area contributed by atoms with Crippen LogP contribution in [0.5, 0.6) is 0 Å². The van der Waals surface area contributed by atoms with Gasteiger partial charge in [0.05, 0.1) is 11.8 Å². The minimum absolute atomic E-state index is 0.0963. The van der Waals surface area contributed by atoms with Crippen LogP contribution >= 0.6 is 15.9 Å². The number of sulfonamides is 1. The van der Waals surface area contributed by atoms with Crippen molar-refractivity contribution in [1.82, 2.24) is 9.62 Å². The topological polar surface area (TPSA) is 66.5 Å². The van der Waals surface area contributed by atoms with Crippen molar-refractivity contribution in [1.29, 1.82) is 0 Å². The second-order valence-corrected chi connectivity index (χ2v) is 8.82. The summed E-state index contributed by atoms with van der Waals surface area (Å²) in [6, 6.07) is 6.98. The number of benzene rings is 1. The molecule has 0 aromatic heterocycles. The van der Waals surface area contributed by atoms with Crippen LogP contribution in [0.4, 0.5) is 0 Å². The van der Waals surface area contributed by atoms with Crippen molar-refractivity contribution in [3.05, 3.63) is 34.3 Å². The highest BCUT2D eigenvalue weighted by molar-refractivity contribution is 9.10. The Bertz CT molecular complexity index is 646. The molecular weight excluding hydrogens is 380 g/mol. The van der Waals surface area contributed by atoms with Crippen LogP contribution in [-0.2, 0) is 14.8 Å². The molecule has 1 aliphatic rings. The summed E-state index contributed by atoms with van der Waals surface area (Å²) in [5.41, 5.74) is 0.988. The molecule has 1 heterocycles. The van der Waals surface area contributed by atoms with Gasteiger partial charge in [0, 0.05) is 11.0 Å². The standard InChI is InChI=1S/C16H23BrN2O3S/c1-3-11-23(21,22)19-10-4-5-15(19)16(20)18-12(2)13-6-8-14(17)9-7-13/h6-9,12,15H,3-5,10-11H2,1-2H3,(H,18,20). The molecule has 1 saturated heterocycles. The van der Waals surface area contributed by atoms with E-state index in [9.17, 15) is 13.2 Å². The van der Waals surface area contributed by atoms with Crippen molar-refractivity contribution in [2.75, 3.05) is 12.3 Å². The number of carbonyl (C=O) groups is 1. The summed E-state index contributed by atoms with van der Waals surface area (Å²) in [6.45, 7) is 4.17. The first kappa shape index (κ1) is 18.4. The van der Waals surface area contributed by atoms with Gasteiger partial charge in [-0.3, -0.25) is 4.79 Å². The summed E-state index contributed by atoms with van der Waals surface area (Å²) in [7, 11) is -3.34. The molecule has 0 radical (unpaired) electrons. The van der Waals surface area contributed by atoms with E-state index in [4.69, 9.17) is 0 Å². The number of amides is 1. The van der Waals surface area contributed by atoms with Crippen LogP contribution in [0, 0.1) is 0 Å². The normalized spacial score (nSPS) is 20.4. The molecule has 2 atom stereocenters. The molecular formula is C16H23BrN2O3S. The number of hydrogen-bond donors (Lipinski definition) is 1. The number of carbonyl (C=O) groups excluding carboxylic acids is 1. The first-order valence-electron chi connectivity index (χ1n) is 7.90. The fourth-order valence-corrected chi connectivity index (χ4v) is 4.87. The van der Waals surface area contributed by atoms with Gasteiger partial charge < -0.3 is 5.32 Å². The molecule has 0 bridgehead atoms. The molecule has 0 aliphatic carbocycles. The number of nitrogens with zero attached hydrogens (tertiary/aromatic N) is 1. The zero-order chi connectivity index (χ0) is 17.0. The van der Waals surface area contributed by atoms with Crippen LogP contribution < -0.4 is 5.32 Å². The number of hydrogen-bond acceptors (Lipinski definition) is 3. The lowest BCUT2D eigenvalue weighted by molar-refractivity contribution is -0.124. The van der Waals surface area contributed by atoms with Crippen molar-refractivity contribution < 1.29 is 13.2 Å². The second kappa shape index (κ2) is 7.77. The molecule has 1 N–H and O–H groups in total. The molecule has 1 aromatic carbocycles. The molecule has 1 fully saturated rings. The van der Waals surface area contributed by atoms with Crippen LogP contribution in [0.2, 0.25) is 0 Å². The van der Waals surface area contributed by atoms with Crippen molar-refractivity contribution in [2.45, 2.75) is 45.2 Å². The summed E-state index contributed by atoms with van der Waals surface area (Å²) in [5, 5.41) is 2.94. The van der Waals surface area contributed by atoms with E-state index in [0.29, 0.717) is 19.4 Å². The van der Waals surface area contributed by atoms with Crippen molar-refractivity contribution in [3.63, 3.8) is 0 Å². The van der Waals surface area contributed by atoms with E-state index in [0.717, 1.165) is 16.5 Å². The van der Waals surface area contributed by atoms with Crippen LogP contribution in [-0.4, -0.2) is 37.0 Å². The monoisotopic (exact) mass is 402 g/mol. The van der Waals surface area contributed by atoms with Gasteiger partial charge >= 0.3 is 0 Å². The SMILES string of the molecule is CCCS(=O)(=O)N1CCCC1C(=O)NC(C)c1ccc(Br)cc1. The smallest absolute Gasteiger partial charge is 0.238 e. The lowest BCUT2D eigenvalue weighted by Crippen LogP contribution is -2.47. The third-order valence-corrected chi connectivity index (χ3v) is 6.66. The summed E-state index contributed by atoms with van der Waals surface area (Å²) < 4.78 is 26.9. The van der Waals surface area contributed by atoms with Gasteiger partial charge in [-0.15, -0.1) is 0 Å². The molecule has 2 unspecified atom stereocenters. The Morgan fingerprint density at radius 1 is 1.39 bits per heavy atom. The molecule has 23 heavy (non-hydrogen) atoms. The van der Waals surface area contributed by atoms with Crippen LogP contribution in [0.25, 0.3) is 0 Å². The maximum atomic E-state index is 12.5. The van der Waals surface area contributed by atoms with E-state index < -0.39 is 16.1 Å². The molecule has 0 spiro atoms. The fraction of sp³-hybridized carbons (Fsp3) is 0.562. The summed E-state index contributed by atoms with van der Waals surface area (Å²) in [5.74, 6) is -0.114. The van der Waals surface area contributed by atoms with E-state index in [1.807, 2.05) is 38.1 Å². The van der Waals surface area contributed by atoms with Gasteiger partial charge in [-0.1, -0.05) is 35.0 Å². The van der Waals surface area contributed by atoms with Gasteiger partial charge in [0.25, 0.3) is 0 Å². The third-order valence-electron chi connectivity index (χ3n) is 4.05. The Labute approximate surface area is 146 Å². The third kappa shape index (κ3) is 4.55. The predicted octanol–water partition coefficient (Wildman–Crippen LogP) is 2.83. The number of halogens is 1. The second-order valence-electron chi connectivity index (χ2n) is 5.87. The van der Waals surface area contributed by atoms with Gasteiger partial charge in [-0.2, -0.15) is 4.31 Å². The van der Waals surface area contributed by atoms with Crippen LogP contribution in [0.3, 0.4) is 0 Å². The molecule has 0 saturated carbocycles. The molecule has 1 aromatic rings. The Morgan fingerprint density at radius 3 is 2.65 bits per heavy atom. The molecule has 2 rings (SSSR count). The molecule has 128 valence electrons. The average molecular weight is 403 g/mol. The Morgan fingerprint density at radius 2 is 2.04 bits per heavy atom. The summed E-state index contributed by atoms with van der Waals surface area (Å²) >= 11 is 3.38. The van der Waals surface area contributed by atoms with Crippen molar-refractivity contribution in [2.24, 2.45) is 0 Å². The highest BCUT2D eigenvalue weighted by Crippen LogP contribution is 2.23. The fourth-order valence-electron chi connectivity index (χ4n) is 2.85. The maximum Gasteiger partial charge on any atom is 0.238 e. The van der Waals surface area contributed by atoms with Gasteiger partial charge in [0.2, 0.25) is 15.9 Å². The quantitative estimate of drug-likeness (QED) is 0.795. The van der Waals surface area contributed by atoms with Gasteiger partial charge in [-0.25, -0.2) is 8.42 Å². The van der Waals surface area contributed by atoms with E-state index >= 15 is 0 Å². The minimum atomic E-state index is -3.34. The maximum absolute atomic E-state index is 12.5. The van der Waals surface area contributed by atoms with E-state index in [-0.39, 0.29) is 17.7 Å². The van der Waals surface area contributed by atoms with Crippen LogP contribution in [0.15, 0.2) is 28.7 Å². The van der Waals surface area contributed by atoms with Crippen LogP contribution in [0.1, 0.15) is 44.7 Å². The first-order chi connectivity index (χ1) is 10.8. The molecule has 1 aliphatic heterocycles. The van der Waals surface area contributed by atoms with E-state index in [1.165, 1.54) is 4.31 Å². The van der Waals surface area contributed by atoms with E-state index in [1.54, 1.807) is 0 Å². The zero-order valence-electron chi connectivity index (χ0n) is 13.5. The minimum Gasteiger partial charge on any atom is -0.348 e. The van der Waals surface area contributed by atoms with E-state index in [2.05, 4.69) is 21.2 Å². The average Bonchev–Trinajstić information content (AvgIpc) is 2.98. The number of nitrogens with one attached hydrogen (secondary N) is 1. The molecule has 5 nitrogen and oxygen atoms in total. The lowest BCUT2D eigenvalue weighted by atomic mass is 10.1. The predicted molar refractivity (Wildman–Crippen MR) is 94.5 cm³/mol. The summed E-state index contributed by atoms with van der Waals surface area (Å²) in [4.78, 5) is 12.5. The highest BCUT2D eigenvalue weighted by Gasteiger charge is 2.38. The van der Waals surface area contributed by atoms with Gasteiger partial charge in [0.15, 0.2) is 0 Å². The largest absolute Gasteiger partial charge is 0.348 e. The lowest BCUT2D eigenvalue weighted by Gasteiger charge is -2.25. The first-order valence-corrected chi connectivity index (χ1v) is 10.3. The van der Waals surface area contributed by atoms with Crippen molar-refractivity contribution >= 4 is 31.9 Å². The zero-order valence-corrected chi connectivity index (χ0v) is 15.9. The highest BCUT2D eigenvalue weighted by atomic mass is 79.9. The summed E-state index contributed by atoms with van der Waals surface area (Å²) in [6.07, 6.45) is 1.87. The van der Waals surface area contributed by atoms with Gasteiger partial charge in [0.1, 0.15) is 6.04 Å². The van der Waals surface area contributed by atoms with Crippen molar-refractivity contribution in [3.8, 4) is 0 Å². The Balaban J connectivity index is 2.06. The Kier molecular flexibility index (Phi) is 6.22. The molecule has 7 heteroatoms. The molecule has 1 amide bonds. The van der Waals surface area contributed by atoms with Gasteiger partial charge in [-0.05, 0) is 43.9 Å². The number of rotatable bonds is 6. The Hall–Kier alpha value is -0.920.